The first-order valence-corrected chi connectivity index (χ1v) is 5.67. The van der Waals surface area contributed by atoms with Gasteiger partial charge in [0.05, 0.1) is 11.1 Å². The first-order chi connectivity index (χ1) is 9.15. The summed E-state index contributed by atoms with van der Waals surface area (Å²) in [5, 5.41) is 8.95. The van der Waals surface area contributed by atoms with Crippen LogP contribution < -0.4 is 0 Å². The number of hydrogen-bond donors (Lipinski definition) is 0. The highest BCUT2D eigenvalue weighted by atomic mass is 35.5. The number of carbonyl (C=O) groups excluding carboxylic acids is 1. The molecule has 1 atom stereocenters. The van der Waals surface area contributed by atoms with Gasteiger partial charge in [-0.1, -0.05) is 23.7 Å². The van der Waals surface area contributed by atoms with E-state index in [1.807, 2.05) is 0 Å². The average molecular weight is 276 g/mol. The van der Waals surface area contributed by atoms with Crippen LogP contribution >= 0.6 is 11.6 Å². The van der Waals surface area contributed by atoms with Crippen LogP contribution in [-0.2, 0) is 0 Å². The maximum Gasteiger partial charge on any atom is 0.221 e. The van der Waals surface area contributed by atoms with E-state index in [2.05, 4.69) is 9.97 Å². The van der Waals surface area contributed by atoms with Gasteiger partial charge < -0.3 is 0 Å². The Bertz CT molecular complexity index is 655. The van der Waals surface area contributed by atoms with Crippen molar-refractivity contribution in [2.75, 3.05) is 0 Å². The number of ketones is 1. The van der Waals surface area contributed by atoms with E-state index in [9.17, 15) is 9.18 Å². The fourth-order valence-corrected chi connectivity index (χ4v) is 1.75. The molecule has 0 aliphatic rings. The molecule has 1 heterocycles. The van der Waals surface area contributed by atoms with Crippen molar-refractivity contribution in [2.24, 2.45) is 0 Å². The molecule has 0 N–H and O–H groups in total. The van der Waals surface area contributed by atoms with Gasteiger partial charge in [-0.2, -0.15) is 5.26 Å². The van der Waals surface area contributed by atoms with Crippen LogP contribution in [0.5, 0.6) is 0 Å². The Labute approximate surface area is 113 Å². The third kappa shape index (κ3) is 2.59. The highest BCUT2D eigenvalue weighted by Crippen LogP contribution is 2.26. The minimum Gasteiger partial charge on any atom is -0.289 e. The number of Topliss-reactive ketones (excluding diaryl/α,β-unsaturated/α-hetero) is 1. The smallest absolute Gasteiger partial charge is 0.221 e. The normalized spacial score (nSPS) is 11.6. The second-order valence-electron chi connectivity index (χ2n) is 3.64. The molecule has 1 aromatic heterocycles. The molecule has 0 spiro atoms. The molecule has 2 aromatic rings. The van der Waals surface area contributed by atoms with Gasteiger partial charge >= 0.3 is 0 Å². The van der Waals surface area contributed by atoms with E-state index in [4.69, 9.17) is 16.9 Å². The lowest BCUT2D eigenvalue weighted by atomic mass is 9.95. The standard InChI is InChI=1S/C13H7ClFN3O/c14-10-4-1-3-8(11(10)15)9(7-16)12(19)13-17-5-2-6-18-13/h1-6,9H. The summed E-state index contributed by atoms with van der Waals surface area (Å²) in [6.45, 7) is 0. The van der Waals surface area contributed by atoms with E-state index in [0.717, 1.165) is 0 Å². The molecule has 19 heavy (non-hydrogen) atoms. The fourth-order valence-electron chi connectivity index (χ4n) is 1.57. The zero-order valence-electron chi connectivity index (χ0n) is 9.55. The number of hydrogen-bond acceptors (Lipinski definition) is 4. The highest BCUT2D eigenvalue weighted by Gasteiger charge is 2.27. The van der Waals surface area contributed by atoms with Gasteiger partial charge in [-0.3, -0.25) is 4.79 Å². The Hall–Kier alpha value is -2.32. The topological polar surface area (TPSA) is 66.6 Å². The van der Waals surface area contributed by atoms with Crippen molar-refractivity contribution in [3.8, 4) is 6.07 Å². The molecule has 0 bridgehead atoms. The summed E-state index contributed by atoms with van der Waals surface area (Å²) >= 11 is 5.64. The summed E-state index contributed by atoms with van der Waals surface area (Å²) in [6.07, 6.45) is 2.76. The lowest BCUT2D eigenvalue weighted by molar-refractivity contribution is 0.0967. The number of rotatable bonds is 3. The van der Waals surface area contributed by atoms with Gasteiger partial charge in [0.25, 0.3) is 0 Å². The minimum absolute atomic E-state index is 0.0764. The molecule has 94 valence electrons. The number of benzene rings is 1. The van der Waals surface area contributed by atoms with E-state index < -0.39 is 17.5 Å². The molecule has 0 amide bonds. The van der Waals surface area contributed by atoms with Gasteiger partial charge in [0.15, 0.2) is 5.82 Å². The molecular formula is C13H7ClFN3O. The predicted molar refractivity (Wildman–Crippen MR) is 66.1 cm³/mol. The predicted octanol–water partition coefficient (Wildman–Crippen LogP) is 2.76. The van der Waals surface area contributed by atoms with Crippen molar-refractivity contribution < 1.29 is 9.18 Å². The molecule has 0 saturated carbocycles. The molecule has 1 unspecified atom stereocenters. The largest absolute Gasteiger partial charge is 0.289 e. The summed E-state index contributed by atoms with van der Waals surface area (Å²) in [4.78, 5) is 19.6. The summed E-state index contributed by atoms with van der Waals surface area (Å²) in [6, 6.07) is 7.46. The quantitative estimate of drug-likeness (QED) is 0.808. The zero-order chi connectivity index (χ0) is 13.8. The molecule has 4 nitrogen and oxygen atoms in total. The van der Waals surface area contributed by atoms with Gasteiger partial charge in [-0.25, -0.2) is 14.4 Å². The second-order valence-corrected chi connectivity index (χ2v) is 4.05. The highest BCUT2D eigenvalue weighted by molar-refractivity contribution is 6.30. The molecule has 6 heteroatoms. The Balaban J connectivity index is 2.44. The summed E-state index contributed by atoms with van der Waals surface area (Å²) in [7, 11) is 0. The molecule has 2 rings (SSSR count). The second kappa shape index (κ2) is 5.55. The Kier molecular flexibility index (Phi) is 3.83. The van der Waals surface area contributed by atoms with Crippen LogP contribution in [0.4, 0.5) is 4.39 Å². The van der Waals surface area contributed by atoms with E-state index in [-0.39, 0.29) is 16.4 Å². The lowest BCUT2D eigenvalue weighted by Crippen LogP contribution is -2.15. The van der Waals surface area contributed by atoms with Crippen LogP contribution in [0.2, 0.25) is 5.02 Å². The monoisotopic (exact) mass is 275 g/mol. The summed E-state index contributed by atoms with van der Waals surface area (Å²) in [5.41, 5.74) is -0.0764. The van der Waals surface area contributed by atoms with E-state index >= 15 is 0 Å². The molecule has 1 aromatic carbocycles. The number of carbonyl (C=O) groups is 1. The van der Waals surface area contributed by atoms with Crippen LogP contribution in [0, 0.1) is 17.1 Å². The number of nitrogens with zero attached hydrogens (tertiary/aromatic N) is 3. The van der Waals surface area contributed by atoms with Gasteiger partial charge in [-0.05, 0) is 12.1 Å². The molecule has 0 aliphatic carbocycles. The molecule has 0 radical (unpaired) electrons. The van der Waals surface area contributed by atoms with Crippen molar-refractivity contribution in [2.45, 2.75) is 5.92 Å². The Morgan fingerprint density at radius 2 is 2.00 bits per heavy atom. The van der Waals surface area contributed by atoms with Crippen molar-refractivity contribution in [3.05, 3.63) is 58.9 Å². The van der Waals surface area contributed by atoms with Crippen molar-refractivity contribution in [1.29, 1.82) is 5.26 Å². The maximum atomic E-state index is 13.8. The van der Waals surface area contributed by atoms with Gasteiger partial charge in [0.1, 0.15) is 11.7 Å². The van der Waals surface area contributed by atoms with E-state index in [0.29, 0.717) is 0 Å². The number of aromatic nitrogens is 2. The van der Waals surface area contributed by atoms with Crippen LogP contribution in [0.3, 0.4) is 0 Å². The van der Waals surface area contributed by atoms with Gasteiger partial charge in [0.2, 0.25) is 5.78 Å². The van der Waals surface area contributed by atoms with Crippen molar-refractivity contribution in [1.82, 2.24) is 9.97 Å². The zero-order valence-corrected chi connectivity index (χ0v) is 10.3. The Morgan fingerprint density at radius 3 is 2.63 bits per heavy atom. The molecule has 0 fully saturated rings. The van der Waals surface area contributed by atoms with Crippen molar-refractivity contribution >= 4 is 17.4 Å². The molecule has 0 aliphatic heterocycles. The summed E-state index contributed by atoms with van der Waals surface area (Å²) < 4.78 is 13.8. The SMILES string of the molecule is N#CC(C(=O)c1ncccn1)c1cccc(Cl)c1F. The van der Waals surface area contributed by atoms with Crippen LogP contribution in [0.15, 0.2) is 36.7 Å². The maximum absolute atomic E-state index is 13.8. The van der Waals surface area contributed by atoms with Crippen LogP contribution in [0.25, 0.3) is 0 Å². The minimum atomic E-state index is -1.32. The molecular weight excluding hydrogens is 269 g/mol. The third-order valence-electron chi connectivity index (χ3n) is 2.47. The average Bonchev–Trinajstić information content (AvgIpc) is 2.45. The number of halogens is 2. The Morgan fingerprint density at radius 1 is 1.32 bits per heavy atom. The first-order valence-electron chi connectivity index (χ1n) is 5.30. The van der Waals surface area contributed by atoms with Gasteiger partial charge in [-0.15, -0.1) is 0 Å². The lowest BCUT2D eigenvalue weighted by Gasteiger charge is -2.09. The van der Waals surface area contributed by atoms with Crippen LogP contribution in [-0.4, -0.2) is 15.8 Å². The fraction of sp³-hybridized carbons (Fsp3) is 0.0769. The van der Waals surface area contributed by atoms with Gasteiger partial charge in [0, 0.05) is 18.0 Å². The van der Waals surface area contributed by atoms with Crippen LogP contribution in [0.1, 0.15) is 22.1 Å². The van der Waals surface area contributed by atoms with Crippen molar-refractivity contribution in [3.63, 3.8) is 0 Å². The summed E-state index contributed by atoms with van der Waals surface area (Å²) in [5.74, 6) is -2.89. The number of nitriles is 1. The third-order valence-corrected chi connectivity index (χ3v) is 2.76. The van der Waals surface area contributed by atoms with E-state index in [1.54, 1.807) is 6.07 Å². The van der Waals surface area contributed by atoms with E-state index in [1.165, 1.54) is 36.7 Å². The first kappa shape index (κ1) is 13.1. The molecule has 0 saturated heterocycles.